The summed E-state index contributed by atoms with van der Waals surface area (Å²) in [5.41, 5.74) is 2.11. The van der Waals surface area contributed by atoms with Gasteiger partial charge in [-0.2, -0.15) is 0 Å². The molecule has 2 heterocycles. The molecule has 20 heavy (non-hydrogen) atoms. The number of carbonyl (C=O) groups excluding carboxylic acids is 1. The number of rotatable bonds is 3. The van der Waals surface area contributed by atoms with Gasteiger partial charge in [0.05, 0.1) is 5.69 Å². The second-order valence-electron chi connectivity index (χ2n) is 5.59. The van der Waals surface area contributed by atoms with Gasteiger partial charge in [-0.1, -0.05) is 31.0 Å². The molecule has 1 saturated heterocycles. The molecule has 2 aliphatic heterocycles. The first-order valence-electron chi connectivity index (χ1n) is 7.59. The number of ether oxygens (including phenoxy) is 1. The summed E-state index contributed by atoms with van der Waals surface area (Å²) in [4.78, 5) is 16.2. The molecule has 1 fully saturated rings. The van der Waals surface area contributed by atoms with Gasteiger partial charge in [-0.05, 0) is 32.0 Å². The number of cyclic esters (lactones) is 1. The number of nitrogens with zero attached hydrogens (tertiary/aromatic N) is 2. The lowest BCUT2D eigenvalue weighted by molar-refractivity contribution is 0.140. The van der Waals surface area contributed by atoms with Crippen molar-refractivity contribution >= 4 is 11.8 Å². The Bertz CT molecular complexity index is 467. The van der Waals surface area contributed by atoms with E-state index in [-0.39, 0.29) is 6.09 Å². The Morgan fingerprint density at radius 3 is 2.55 bits per heavy atom. The van der Waals surface area contributed by atoms with Crippen LogP contribution in [0.25, 0.3) is 0 Å². The summed E-state index contributed by atoms with van der Waals surface area (Å²) in [7, 11) is 0. The second-order valence-corrected chi connectivity index (χ2v) is 5.59. The van der Waals surface area contributed by atoms with Crippen LogP contribution in [0.5, 0.6) is 0 Å². The molecule has 1 aromatic carbocycles. The number of para-hydroxylation sites is 1. The Balaban J connectivity index is 1.65. The first-order valence-corrected chi connectivity index (χ1v) is 7.59. The van der Waals surface area contributed by atoms with E-state index in [2.05, 4.69) is 4.90 Å². The normalized spacial score (nSPS) is 20.2. The van der Waals surface area contributed by atoms with E-state index in [0.29, 0.717) is 6.61 Å². The fourth-order valence-corrected chi connectivity index (χ4v) is 3.02. The fraction of sp³-hybridized carbons (Fsp3) is 0.562. The Hall–Kier alpha value is -1.55. The van der Waals surface area contributed by atoms with Crippen molar-refractivity contribution in [2.24, 2.45) is 0 Å². The minimum absolute atomic E-state index is 0.210. The first-order chi connectivity index (χ1) is 9.84. The van der Waals surface area contributed by atoms with Gasteiger partial charge in [0.25, 0.3) is 0 Å². The third kappa shape index (κ3) is 2.96. The molecule has 0 unspecified atom stereocenters. The molecule has 0 aliphatic carbocycles. The van der Waals surface area contributed by atoms with Crippen molar-refractivity contribution in [1.82, 2.24) is 4.90 Å². The van der Waals surface area contributed by atoms with Crippen molar-refractivity contribution < 1.29 is 9.53 Å². The molecule has 0 bridgehead atoms. The highest BCUT2D eigenvalue weighted by molar-refractivity contribution is 5.90. The molecule has 0 saturated carbocycles. The number of benzene rings is 1. The van der Waals surface area contributed by atoms with Crippen LogP contribution in [0.2, 0.25) is 0 Å². The van der Waals surface area contributed by atoms with Crippen LogP contribution in [-0.4, -0.2) is 37.2 Å². The Labute approximate surface area is 120 Å². The molecule has 0 atom stereocenters. The van der Waals surface area contributed by atoms with Crippen molar-refractivity contribution in [1.29, 1.82) is 0 Å². The van der Waals surface area contributed by atoms with Gasteiger partial charge in [0.2, 0.25) is 0 Å². The third-order valence-corrected chi connectivity index (χ3v) is 4.19. The highest BCUT2D eigenvalue weighted by Gasteiger charge is 2.25. The molecule has 4 nitrogen and oxygen atoms in total. The highest BCUT2D eigenvalue weighted by Crippen LogP contribution is 2.26. The number of hydrogen-bond acceptors (Lipinski definition) is 3. The van der Waals surface area contributed by atoms with Crippen LogP contribution >= 0.6 is 0 Å². The average molecular weight is 274 g/mol. The molecule has 0 N–H and O–H groups in total. The average Bonchev–Trinajstić information content (AvgIpc) is 2.75. The Morgan fingerprint density at radius 1 is 1.00 bits per heavy atom. The summed E-state index contributed by atoms with van der Waals surface area (Å²) in [6, 6.07) is 8.01. The summed E-state index contributed by atoms with van der Waals surface area (Å²) < 4.78 is 5.25. The zero-order valence-corrected chi connectivity index (χ0v) is 11.9. The third-order valence-electron chi connectivity index (χ3n) is 4.19. The van der Waals surface area contributed by atoms with Crippen LogP contribution in [0.1, 0.15) is 31.2 Å². The monoisotopic (exact) mass is 274 g/mol. The second kappa shape index (κ2) is 6.27. The van der Waals surface area contributed by atoms with E-state index in [1.165, 1.54) is 25.7 Å². The minimum Gasteiger partial charge on any atom is -0.444 e. The Kier molecular flexibility index (Phi) is 4.21. The SMILES string of the molecule is O=C1OCc2ccccc2N1CCN1CCCCCC1. The molecule has 2 aliphatic rings. The molecule has 0 aromatic heterocycles. The van der Waals surface area contributed by atoms with Gasteiger partial charge in [-0.25, -0.2) is 4.79 Å². The Morgan fingerprint density at radius 2 is 1.75 bits per heavy atom. The van der Waals surface area contributed by atoms with Crippen LogP contribution in [-0.2, 0) is 11.3 Å². The zero-order chi connectivity index (χ0) is 13.8. The summed E-state index contributed by atoms with van der Waals surface area (Å²) >= 11 is 0. The number of likely N-dealkylation sites (tertiary alicyclic amines) is 1. The van der Waals surface area contributed by atoms with Crippen molar-refractivity contribution in [3.05, 3.63) is 29.8 Å². The predicted octanol–water partition coefficient (Wildman–Crippen LogP) is 3.02. The molecule has 1 aromatic rings. The first kappa shape index (κ1) is 13.4. The standard InChI is InChI=1S/C16H22N2O2/c19-16-18(12-11-17-9-5-1-2-6-10-17)15-8-4-3-7-14(15)13-20-16/h3-4,7-8H,1-2,5-6,9-13H2. The molecule has 1 amide bonds. The summed E-state index contributed by atoms with van der Waals surface area (Å²) in [5, 5.41) is 0. The minimum atomic E-state index is -0.210. The zero-order valence-electron chi connectivity index (χ0n) is 11.9. The van der Waals surface area contributed by atoms with Crippen LogP contribution in [0.3, 0.4) is 0 Å². The van der Waals surface area contributed by atoms with Crippen molar-refractivity contribution in [3.63, 3.8) is 0 Å². The van der Waals surface area contributed by atoms with Gasteiger partial charge < -0.3 is 9.64 Å². The van der Waals surface area contributed by atoms with E-state index >= 15 is 0 Å². The quantitative estimate of drug-likeness (QED) is 0.849. The summed E-state index contributed by atoms with van der Waals surface area (Å²) in [6.07, 6.45) is 5.02. The number of carbonyl (C=O) groups is 1. The molecule has 0 radical (unpaired) electrons. The van der Waals surface area contributed by atoms with Gasteiger partial charge >= 0.3 is 6.09 Å². The van der Waals surface area contributed by atoms with Crippen LogP contribution in [0.4, 0.5) is 10.5 Å². The lowest BCUT2D eigenvalue weighted by Crippen LogP contribution is -2.41. The lowest BCUT2D eigenvalue weighted by Gasteiger charge is -2.31. The number of fused-ring (bicyclic) bond motifs is 1. The maximum Gasteiger partial charge on any atom is 0.414 e. The van der Waals surface area contributed by atoms with Gasteiger partial charge in [0, 0.05) is 18.7 Å². The smallest absolute Gasteiger partial charge is 0.414 e. The topological polar surface area (TPSA) is 32.8 Å². The molecular formula is C16H22N2O2. The van der Waals surface area contributed by atoms with E-state index in [1.54, 1.807) is 4.90 Å². The summed E-state index contributed by atoms with van der Waals surface area (Å²) in [6.45, 7) is 4.36. The van der Waals surface area contributed by atoms with Crippen LogP contribution in [0, 0.1) is 0 Å². The maximum atomic E-state index is 12.0. The molecular weight excluding hydrogens is 252 g/mol. The molecule has 0 spiro atoms. The predicted molar refractivity (Wildman–Crippen MR) is 78.9 cm³/mol. The van der Waals surface area contributed by atoms with Gasteiger partial charge in [-0.15, -0.1) is 0 Å². The van der Waals surface area contributed by atoms with Crippen molar-refractivity contribution in [2.75, 3.05) is 31.1 Å². The van der Waals surface area contributed by atoms with Crippen LogP contribution in [0.15, 0.2) is 24.3 Å². The fourth-order valence-electron chi connectivity index (χ4n) is 3.02. The highest BCUT2D eigenvalue weighted by atomic mass is 16.6. The van der Waals surface area contributed by atoms with Crippen LogP contribution < -0.4 is 4.90 Å². The lowest BCUT2D eigenvalue weighted by atomic mass is 10.1. The van der Waals surface area contributed by atoms with Gasteiger partial charge in [0.1, 0.15) is 6.61 Å². The van der Waals surface area contributed by atoms with E-state index < -0.39 is 0 Å². The number of anilines is 1. The summed E-state index contributed by atoms with van der Waals surface area (Å²) in [5.74, 6) is 0. The number of amides is 1. The van der Waals surface area contributed by atoms with E-state index in [0.717, 1.165) is 37.4 Å². The van der Waals surface area contributed by atoms with E-state index in [4.69, 9.17) is 4.74 Å². The van der Waals surface area contributed by atoms with Gasteiger partial charge in [-0.3, -0.25) is 4.90 Å². The largest absolute Gasteiger partial charge is 0.444 e. The van der Waals surface area contributed by atoms with Crippen molar-refractivity contribution in [2.45, 2.75) is 32.3 Å². The molecule has 108 valence electrons. The molecule has 3 rings (SSSR count). The van der Waals surface area contributed by atoms with E-state index in [9.17, 15) is 4.79 Å². The van der Waals surface area contributed by atoms with Gasteiger partial charge in [0.15, 0.2) is 0 Å². The van der Waals surface area contributed by atoms with E-state index in [1.807, 2.05) is 24.3 Å². The maximum absolute atomic E-state index is 12.0. The number of hydrogen-bond donors (Lipinski definition) is 0. The van der Waals surface area contributed by atoms with Crippen molar-refractivity contribution in [3.8, 4) is 0 Å². The molecule has 4 heteroatoms.